The van der Waals surface area contributed by atoms with Crippen molar-refractivity contribution in [3.63, 3.8) is 0 Å². The van der Waals surface area contributed by atoms with Gasteiger partial charge in [-0.05, 0) is 61.2 Å². The van der Waals surface area contributed by atoms with Crippen LogP contribution in [0.25, 0.3) is 0 Å². The van der Waals surface area contributed by atoms with E-state index in [9.17, 15) is 18.0 Å². The molecule has 0 aromatic heterocycles. The fourth-order valence-electron chi connectivity index (χ4n) is 3.91. The third kappa shape index (κ3) is 4.40. The summed E-state index contributed by atoms with van der Waals surface area (Å²) in [4.78, 5) is 19.5. The molecule has 1 atom stereocenters. The van der Waals surface area contributed by atoms with Crippen LogP contribution in [0, 0.1) is 18.3 Å². The Morgan fingerprint density at radius 3 is 2.45 bits per heavy atom. The number of hydrogen-bond acceptors (Lipinski definition) is 4. The van der Waals surface area contributed by atoms with Gasteiger partial charge < -0.3 is 9.74 Å². The molecule has 10 heteroatoms. The van der Waals surface area contributed by atoms with Gasteiger partial charge in [-0.3, -0.25) is 4.79 Å². The first kappa shape index (κ1) is 23.4. The highest BCUT2D eigenvalue weighted by Gasteiger charge is 2.62. The van der Waals surface area contributed by atoms with Crippen LogP contribution < -0.4 is 0 Å². The number of halogens is 5. The fourth-order valence-corrected chi connectivity index (χ4v) is 4.44. The van der Waals surface area contributed by atoms with Crippen molar-refractivity contribution in [1.82, 2.24) is 4.90 Å². The molecule has 1 fully saturated rings. The second-order valence-corrected chi connectivity index (χ2v) is 9.01. The molecule has 1 heterocycles. The molecule has 2 aliphatic rings. The molecule has 2 aromatic rings. The summed E-state index contributed by atoms with van der Waals surface area (Å²) in [7, 11) is 0. The first-order valence-corrected chi connectivity index (χ1v) is 10.9. The number of aryl methyl sites for hydroxylation is 1. The van der Waals surface area contributed by atoms with Gasteiger partial charge in [-0.25, -0.2) is 0 Å². The molecule has 2 aromatic carbocycles. The Bertz CT molecular complexity index is 1170. The van der Waals surface area contributed by atoms with Crippen molar-refractivity contribution in [2.45, 2.75) is 44.0 Å². The van der Waals surface area contributed by atoms with Gasteiger partial charge in [-0.15, -0.1) is 0 Å². The summed E-state index contributed by atoms with van der Waals surface area (Å²) in [5.41, 5.74) is -1.52. The largest absolute Gasteiger partial charge is 0.435 e. The van der Waals surface area contributed by atoms with Crippen LogP contribution >= 0.6 is 23.2 Å². The van der Waals surface area contributed by atoms with E-state index in [-0.39, 0.29) is 39.8 Å². The summed E-state index contributed by atoms with van der Waals surface area (Å²) < 4.78 is 42.6. The minimum atomic E-state index is -4.79. The molecule has 0 bridgehead atoms. The number of rotatable bonds is 5. The maximum Gasteiger partial charge on any atom is 0.435 e. The van der Waals surface area contributed by atoms with Crippen LogP contribution in [-0.2, 0) is 10.4 Å². The lowest BCUT2D eigenvalue weighted by molar-refractivity contribution is -0.275. The molecule has 33 heavy (non-hydrogen) atoms. The molecule has 1 aliphatic heterocycles. The van der Waals surface area contributed by atoms with E-state index in [0.717, 1.165) is 25.0 Å². The van der Waals surface area contributed by atoms with Crippen molar-refractivity contribution in [2.24, 2.45) is 5.16 Å². The summed E-state index contributed by atoms with van der Waals surface area (Å²) in [6, 6.07) is 10.4. The molecular weight excluding hydrogens is 478 g/mol. The minimum Gasteiger partial charge on any atom is -0.374 e. The average molecular weight is 496 g/mol. The maximum atomic E-state index is 14.2. The van der Waals surface area contributed by atoms with Crippen molar-refractivity contribution in [3.05, 3.63) is 68.7 Å². The molecule has 5 nitrogen and oxygen atoms in total. The molecule has 1 amide bonds. The van der Waals surface area contributed by atoms with Gasteiger partial charge in [0.05, 0.1) is 11.8 Å². The monoisotopic (exact) mass is 495 g/mol. The van der Waals surface area contributed by atoms with E-state index in [1.165, 1.54) is 17.0 Å². The van der Waals surface area contributed by atoms with Gasteiger partial charge in [0.1, 0.15) is 6.54 Å². The first-order chi connectivity index (χ1) is 15.6. The van der Waals surface area contributed by atoms with Gasteiger partial charge in [-0.2, -0.15) is 18.4 Å². The molecule has 0 saturated heterocycles. The van der Waals surface area contributed by atoms with Gasteiger partial charge in [0, 0.05) is 33.6 Å². The molecular formula is C23H18Cl2F3N3O2. The molecule has 0 radical (unpaired) electrons. The third-order valence-electron chi connectivity index (χ3n) is 5.79. The molecule has 1 saturated carbocycles. The quantitative estimate of drug-likeness (QED) is 0.476. The van der Waals surface area contributed by atoms with E-state index in [2.05, 4.69) is 5.16 Å². The smallest absolute Gasteiger partial charge is 0.374 e. The predicted octanol–water partition coefficient (Wildman–Crippen LogP) is 6.01. The molecule has 0 spiro atoms. The van der Waals surface area contributed by atoms with Crippen LogP contribution in [0.1, 0.15) is 46.3 Å². The van der Waals surface area contributed by atoms with Crippen molar-refractivity contribution in [1.29, 1.82) is 5.26 Å². The number of benzene rings is 2. The second kappa shape index (κ2) is 8.54. The van der Waals surface area contributed by atoms with Crippen molar-refractivity contribution in [3.8, 4) is 6.07 Å². The van der Waals surface area contributed by atoms with Crippen LogP contribution in [0.15, 0.2) is 41.6 Å². The van der Waals surface area contributed by atoms with Gasteiger partial charge in [-0.1, -0.05) is 34.4 Å². The topological polar surface area (TPSA) is 65.7 Å². The van der Waals surface area contributed by atoms with E-state index in [4.69, 9.17) is 33.3 Å². The highest BCUT2D eigenvalue weighted by molar-refractivity contribution is 6.34. The number of nitriles is 1. The Morgan fingerprint density at radius 2 is 1.91 bits per heavy atom. The van der Waals surface area contributed by atoms with Gasteiger partial charge in [0.15, 0.2) is 0 Å². The predicted molar refractivity (Wildman–Crippen MR) is 117 cm³/mol. The maximum absolute atomic E-state index is 14.2. The number of oxime groups is 1. The van der Waals surface area contributed by atoms with Crippen LogP contribution in [0.3, 0.4) is 0 Å². The summed E-state index contributed by atoms with van der Waals surface area (Å²) in [5, 5.41) is 12.9. The Labute approximate surface area is 198 Å². The summed E-state index contributed by atoms with van der Waals surface area (Å²) in [5.74, 6) is -0.272. The minimum absolute atomic E-state index is 0.0124. The number of nitrogens with zero attached hydrogens (tertiary/aromatic N) is 3. The number of alkyl halides is 3. The number of hydrogen-bond donors (Lipinski definition) is 0. The van der Waals surface area contributed by atoms with E-state index in [1.54, 1.807) is 19.1 Å². The molecule has 1 unspecified atom stereocenters. The summed E-state index contributed by atoms with van der Waals surface area (Å²) in [6.07, 6.45) is -3.67. The standard InChI is InChI=1S/C23H18Cl2F3N3O2/c1-13-8-14(2-5-19(13)21(32)31(7-6-29)18-3-4-18)20-12-22(33-30-20,23(26,27)28)15-9-16(24)11-17(25)10-15/h2,5,8-11,18H,3-4,7,12H2,1H3. The lowest BCUT2D eigenvalue weighted by atomic mass is 9.86. The van der Waals surface area contributed by atoms with Crippen LogP contribution in [0.5, 0.6) is 0 Å². The number of carbonyl (C=O) groups is 1. The fraction of sp³-hybridized carbons (Fsp3) is 0.348. The lowest BCUT2D eigenvalue weighted by Crippen LogP contribution is -2.42. The van der Waals surface area contributed by atoms with Crippen molar-refractivity contribution in [2.75, 3.05) is 6.54 Å². The number of carbonyl (C=O) groups excluding carboxylic acids is 1. The highest BCUT2D eigenvalue weighted by atomic mass is 35.5. The molecule has 4 rings (SSSR count). The molecule has 1 aliphatic carbocycles. The Balaban J connectivity index is 1.63. The molecule has 0 N–H and O–H groups in total. The van der Waals surface area contributed by atoms with E-state index < -0.39 is 18.2 Å². The van der Waals surface area contributed by atoms with Crippen molar-refractivity contribution >= 4 is 34.8 Å². The molecule has 172 valence electrons. The van der Waals surface area contributed by atoms with Crippen LogP contribution in [0.4, 0.5) is 13.2 Å². The van der Waals surface area contributed by atoms with Crippen LogP contribution in [0.2, 0.25) is 10.0 Å². The third-order valence-corrected chi connectivity index (χ3v) is 6.23. The number of amides is 1. The van der Waals surface area contributed by atoms with Gasteiger partial charge >= 0.3 is 6.18 Å². The summed E-state index contributed by atoms with van der Waals surface area (Å²) >= 11 is 11.9. The highest BCUT2D eigenvalue weighted by Crippen LogP contribution is 2.49. The SMILES string of the molecule is Cc1cc(C2=NOC(c3cc(Cl)cc(Cl)c3)(C(F)(F)F)C2)ccc1C(=O)N(CC#N)C1CC1. The normalized spacial score (nSPS) is 20.1. The van der Waals surface area contributed by atoms with E-state index in [1.807, 2.05) is 6.07 Å². The zero-order valence-corrected chi connectivity index (χ0v) is 18.9. The second-order valence-electron chi connectivity index (χ2n) is 8.14. The Kier molecular flexibility index (Phi) is 6.06. The van der Waals surface area contributed by atoms with Gasteiger partial charge in [0.2, 0.25) is 0 Å². The van der Waals surface area contributed by atoms with E-state index in [0.29, 0.717) is 16.7 Å². The van der Waals surface area contributed by atoms with Crippen molar-refractivity contribution < 1.29 is 22.8 Å². The van der Waals surface area contributed by atoms with Gasteiger partial charge in [0.25, 0.3) is 11.5 Å². The zero-order chi connectivity index (χ0) is 24.0. The van der Waals surface area contributed by atoms with E-state index >= 15 is 0 Å². The van der Waals surface area contributed by atoms with Crippen LogP contribution in [-0.4, -0.2) is 35.3 Å². The summed E-state index contributed by atoms with van der Waals surface area (Å²) in [6.45, 7) is 1.68. The Hall–Kier alpha value is -2.76. The lowest BCUT2D eigenvalue weighted by Gasteiger charge is -2.29. The zero-order valence-electron chi connectivity index (χ0n) is 17.4. The average Bonchev–Trinajstić information content (AvgIpc) is 3.46. The first-order valence-electron chi connectivity index (χ1n) is 10.1. The Morgan fingerprint density at radius 1 is 1.24 bits per heavy atom.